The third-order valence-corrected chi connectivity index (χ3v) is 8.09. The first-order valence-corrected chi connectivity index (χ1v) is 12.4. The van der Waals surface area contributed by atoms with Gasteiger partial charge in [-0.15, -0.1) is 11.8 Å². The molecule has 1 atom stereocenters. The molecule has 1 saturated heterocycles. The van der Waals surface area contributed by atoms with Crippen LogP contribution in [0, 0.1) is 12.8 Å². The van der Waals surface area contributed by atoms with E-state index in [0.29, 0.717) is 29.6 Å². The number of sulfonamides is 1. The Hall–Kier alpha value is -2.59. The van der Waals surface area contributed by atoms with Crippen molar-refractivity contribution in [3.63, 3.8) is 0 Å². The molecule has 164 valence electrons. The fourth-order valence-electron chi connectivity index (χ4n) is 3.60. The Morgan fingerprint density at radius 1 is 1.23 bits per heavy atom. The van der Waals surface area contributed by atoms with Gasteiger partial charge in [-0.2, -0.15) is 0 Å². The van der Waals surface area contributed by atoms with Gasteiger partial charge >= 0.3 is 0 Å². The molecule has 2 amide bonds. The summed E-state index contributed by atoms with van der Waals surface area (Å²) in [5.41, 5.74) is 1.26. The van der Waals surface area contributed by atoms with Crippen LogP contribution in [0.15, 0.2) is 46.3 Å². The minimum Gasteiger partial charge on any atom is -0.341 e. The second kappa shape index (κ2) is 8.51. The molecule has 2 aliphatic rings. The second-order valence-corrected chi connectivity index (χ2v) is 10.8. The van der Waals surface area contributed by atoms with E-state index in [1.807, 2.05) is 6.92 Å². The van der Waals surface area contributed by atoms with Crippen molar-refractivity contribution >= 4 is 45.1 Å². The minimum atomic E-state index is -3.88. The van der Waals surface area contributed by atoms with Gasteiger partial charge in [-0.1, -0.05) is 6.92 Å². The lowest BCUT2D eigenvalue weighted by molar-refractivity contribution is -0.135. The van der Waals surface area contributed by atoms with Crippen molar-refractivity contribution in [3.05, 3.63) is 42.1 Å². The topological polar surface area (TPSA) is 108 Å². The molecule has 31 heavy (non-hydrogen) atoms. The molecule has 0 saturated carbocycles. The van der Waals surface area contributed by atoms with Crippen LogP contribution in [0.3, 0.4) is 0 Å². The Kier molecular flexibility index (Phi) is 5.94. The summed E-state index contributed by atoms with van der Waals surface area (Å²) in [6, 6.07) is 7.89. The molecular formula is C21H24N4O4S2. The van der Waals surface area contributed by atoms with Gasteiger partial charge < -0.3 is 10.2 Å². The predicted molar refractivity (Wildman–Crippen MR) is 119 cm³/mol. The first-order valence-electron chi connectivity index (χ1n) is 10.1. The zero-order chi connectivity index (χ0) is 22.2. The van der Waals surface area contributed by atoms with Gasteiger partial charge in [0.2, 0.25) is 11.8 Å². The van der Waals surface area contributed by atoms with E-state index in [0.717, 1.165) is 30.2 Å². The van der Waals surface area contributed by atoms with Crippen molar-refractivity contribution in [2.24, 2.45) is 5.92 Å². The second-order valence-electron chi connectivity index (χ2n) is 7.98. The SMILES string of the molecule is Cc1ccnc(NS(=O)(=O)c2ccc3c(c2)NC(=O)[C@H](C(=O)N2CCC(C)CC2)S3)c1. The standard InChI is InChI=1S/C21H24N4O4S2/c1-13-6-9-25(10-7-13)21(27)19-20(26)23-16-12-15(3-4-17(16)30-19)31(28,29)24-18-11-14(2)5-8-22-18/h3-5,8,11-13,19H,6-7,9-10H2,1-2H3,(H,22,24)(H,23,26)/t19-/m1/s1. The summed E-state index contributed by atoms with van der Waals surface area (Å²) in [4.78, 5) is 31.9. The Bertz CT molecular complexity index is 1130. The number of likely N-dealkylation sites (tertiary alicyclic amines) is 1. The summed E-state index contributed by atoms with van der Waals surface area (Å²) in [5.74, 6) is 0.187. The number of anilines is 2. The molecule has 10 heteroatoms. The first kappa shape index (κ1) is 21.6. The molecule has 0 radical (unpaired) electrons. The van der Waals surface area contributed by atoms with E-state index < -0.39 is 21.2 Å². The number of thioether (sulfide) groups is 1. The van der Waals surface area contributed by atoms with Gasteiger partial charge in [0, 0.05) is 24.2 Å². The number of nitrogens with one attached hydrogen (secondary N) is 2. The van der Waals surface area contributed by atoms with Crippen molar-refractivity contribution in [3.8, 4) is 0 Å². The van der Waals surface area contributed by atoms with Crippen LogP contribution in [-0.2, 0) is 19.6 Å². The van der Waals surface area contributed by atoms with E-state index in [1.54, 1.807) is 23.1 Å². The number of piperidine rings is 1. The first-order chi connectivity index (χ1) is 14.7. The summed E-state index contributed by atoms with van der Waals surface area (Å²) in [5, 5.41) is 1.85. The van der Waals surface area contributed by atoms with Gasteiger partial charge in [0.1, 0.15) is 5.82 Å². The van der Waals surface area contributed by atoms with Crippen molar-refractivity contribution in [2.45, 2.75) is 41.7 Å². The molecule has 8 nitrogen and oxygen atoms in total. The summed E-state index contributed by atoms with van der Waals surface area (Å²) in [6.07, 6.45) is 3.40. The minimum absolute atomic E-state index is 0.00486. The average molecular weight is 461 g/mol. The zero-order valence-electron chi connectivity index (χ0n) is 17.3. The van der Waals surface area contributed by atoms with Gasteiger partial charge in [-0.25, -0.2) is 13.4 Å². The Balaban J connectivity index is 1.52. The number of rotatable bonds is 4. The highest BCUT2D eigenvalue weighted by molar-refractivity contribution is 8.01. The molecule has 3 heterocycles. The molecule has 1 fully saturated rings. The molecule has 2 aromatic rings. The molecular weight excluding hydrogens is 436 g/mol. The number of benzene rings is 1. The van der Waals surface area contributed by atoms with Crippen LogP contribution in [0.4, 0.5) is 11.5 Å². The maximum Gasteiger partial charge on any atom is 0.263 e. The third kappa shape index (κ3) is 4.69. The maximum absolute atomic E-state index is 12.9. The van der Waals surface area contributed by atoms with Crippen molar-refractivity contribution < 1.29 is 18.0 Å². The number of carbonyl (C=O) groups excluding carboxylic acids is 2. The van der Waals surface area contributed by atoms with E-state index in [9.17, 15) is 18.0 Å². The van der Waals surface area contributed by atoms with Gasteiger partial charge in [-0.3, -0.25) is 14.3 Å². The summed E-state index contributed by atoms with van der Waals surface area (Å²) >= 11 is 1.16. The van der Waals surface area contributed by atoms with Crippen LogP contribution >= 0.6 is 11.8 Å². The highest BCUT2D eigenvalue weighted by atomic mass is 32.2. The van der Waals surface area contributed by atoms with E-state index in [2.05, 4.69) is 21.9 Å². The van der Waals surface area contributed by atoms with Crippen molar-refractivity contribution in [1.29, 1.82) is 0 Å². The number of fused-ring (bicyclic) bond motifs is 1. The fourth-order valence-corrected chi connectivity index (χ4v) is 5.68. The Labute approximate surface area is 185 Å². The lowest BCUT2D eigenvalue weighted by Gasteiger charge is -2.33. The number of nitrogens with zero attached hydrogens (tertiary/aromatic N) is 2. The molecule has 1 aromatic carbocycles. The smallest absolute Gasteiger partial charge is 0.263 e. The van der Waals surface area contributed by atoms with Crippen LogP contribution in [0.2, 0.25) is 0 Å². The molecule has 2 N–H and O–H groups in total. The molecule has 1 aromatic heterocycles. The third-order valence-electron chi connectivity index (χ3n) is 5.48. The highest BCUT2D eigenvalue weighted by Crippen LogP contribution is 2.38. The number of carbonyl (C=O) groups is 2. The fraction of sp³-hybridized carbons (Fsp3) is 0.381. The number of hydrogen-bond acceptors (Lipinski definition) is 6. The van der Waals surface area contributed by atoms with E-state index >= 15 is 0 Å². The number of pyridine rings is 1. The molecule has 2 aliphatic heterocycles. The van der Waals surface area contributed by atoms with Crippen LogP contribution in [0.25, 0.3) is 0 Å². The maximum atomic E-state index is 12.9. The van der Waals surface area contributed by atoms with Gasteiger partial charge in [-0.05, 0) is 61.6 Å². The summed E-state index contributed by atoms with van der Waals surface area (Å²) in [6.45, 7) is 5.32. The van der Waals surface area contributed by atoms with Gasteiger partial charge in [0.25, 0.3) is 10.0 Å². The molecule has 0 bridgehead atoms. The predicted octanol–water partition coefficient (Wildman–Crippen LogP) is 2.86. The molecule has 0 unspecified atom stereocenters. The molecule has 4 rings (SSSR count). The van der Waals surface area contributed by atoms with Gasteiger partial charge in [0.15, 0.2) is 5.25 Å². The largest absolute Gasteiger partial charge is 0.341 e. The van der Waals surface area contributed by atoms with Crippen LogP contribution < -0.4 is 10.0 Å². The normalized spacial score (nSPS) is 19.5. The van der Waals surface area contributed by atoms with Crippen molar-refractivity contribution in [1.82, 2.24) is 9.88 Å². The molecule has 0 aliphatic carbocycles. The monoisotopic (exact) mass is 460 g/mol. The van der Waals surface area contributed by atoms with E-state index in [4.69, 9.17) is 0 Å². The average Bonchev–Trinajstić information content (AvgIpc) is 2.72. The van der Waals surface area contributed by atoms with Crippen LogP contribution in [0.5, 0.6) is 0 Å². The number of aromatic nitrogens is 1. The Morgan fingerprint density at radius 2 is 1.97 bits per heavy atom. The van der Waals surface area contributed by atoms with E-state index in [1.165, 1.54) is 18.3 Å². The van der Waals surface area contributed by atoms with Crippen LogP contribution in [0.1, 0.15) is 25.3 Å². The Morgan fingerprint density at radius 3 is 2.68 bits per heavy atom. The molecule has 0 spiro atoms. The number of aryl methyl sites for hydroxylation is 1. The quantitative estimate of drug-likeness (QED) is 0.679. The van der Waals surface area contributed by atoms with Crippen molar-refractivity contribution in [2.75, 3.05) is 23.1 Å². The zero-order valence-corrected chi connectivity index (χ0v) is 18.9. The highest BCUT2D eigenvalue weighted by Gasteiger charge is 2.37. The lowest BCUT2D eigenvalue weighted by Crippen LogP contribution is -2.47. The summed E-state index contributed by atoms with van der Waals surface area (Å²) in [7, 11) is -3.88. The van der Waals surface area contributed by atoms with Crippen LogP contribution in [-0.4, -0.2) is 48.5 Å². The summed E-state index contributed by atoms with van der Waals surface area (Å²) < 4.78 is 28.0. The number of hydrogen-bond donors (Lipinski definition) is 2. The number of amides is 2. The van der Waals surface area contributed by atoms with E-state index in [-0.39, 0.29) is 16.6 Å². The lowest BCUT2D eigenvalue weighted by atomic mass is 9.99. The van der Waals surface area contributed by atoms with Gasteiger partial charge in [0.05, 0.1) is 10.6 Å².